The smallest absolute Gasteiger partial charge is 0.238 e. The number of aryl methyl sites for hydroxylation is 2. The van der Waals surface area contributed by atoms with Gasteiger partial charge in [0.2, 0.25) is 11.8 Å². The lowest BCUT2D eigenvalue weighted by atomic mass is 10.1. The predicted octanol–water partition coefficient (Wildman–Crippen LogP) is 5.87. The highest BCUT2D eigenvalue weighted by atomic mass is 79.9. The number of anilines is 2. The van der Waals surface area contributed by atoms with E-state index in [2.05, 4.69) is 43.4 Å². The lowest BCUT2D eigenvalue weighted by Gasteiger charge is -2.15. The highest BCUT2D eigenvalue weighted by Crippen LogP contribution is 2.35. The van der Waals surface area contributed by atoms with E-state index in [4.69, 9.17) is 26.9 Å². The highest BCUT2D eigenvalue weighted by Gasteiger charge is 2.17. The Bertz CT molecular complexity index is 1130. The highest BCUT2D eigenvalue weighted by molar-refractivity contribution is 9.10. The molecule has 144 valence electrons. The van der Waals surface area contributed by atoms with Crippen molar-refractivity contribution in [1.82, 2.24) is 9.97 Å². The topological polar surface area (TPSA) is 94.6 Å². The van der Waals surface area contributed by atoms with Gasteiger partial charge in [0.05, 0.1) is 34.8 Å². The summed E-state index contributed by atoms with van der Waals surface area (Å²) in [7, 11) is 0. The van der Waals surface area contributed by atoms with E-state index in [9.17, 15) is 0 Å². The number of rotatable bonds is 5. The molecular weight excluding hydrogens is 454 g/mol. The summed E-state index contributed by atoms with van der Waals surface area (Å²) in [4.78, 5) is 8.87. The Labute approximate surface area is 181 Å². The number of hydrogen-bond donors (Lipinski definition) is 1. The van der Waals surface area contributed by atoms with Crippen LogP contribution in [0.1, 0.15) is 27.9 Å². The summed E-state index contributed by atoms with van der Waals surface area (Å²) in [6, 6.07) is 14.7. The predicted molar refractivity (Wildman–Crippen MR) is 114 cm³/mol. The zero-order chi connectivity index (χ0) is 21.0. The molecule has 29 heavy (non-hydrogen) atoms. The minimum atomic E-state index is 0.160. The summed E-state index contributed by atoms with van der Waals surface area (Å²) in [6.45, 7) is 3.74. The summed E-state index contributed by atoms with van der Waals surface area (Å²) < 4.78 is 6.64. The Kier molecular flexibility index (Phi) is 6.33. The summed E-state index contributed by atoms with van der Waals surface area (Å²) >= 11 is 9.51. The Hall–Kier alpha value is -3.13. The van der Waals surface area contributed by atoms with Gasteiger partial charge in [0.25, 0.3) is 0 Å². The Morgan fingerprint density at radius 2 is 1.66 bits per heavy atom. The fourth-order valence-electron chi connectivity index (χ4n) is 2.71. The van der Waals surface area contributed by atoms with Gasteiger partial charge in [-0.2, -0.15) is 15.5 Å². The van der Waals surface area contributed by atoms with Gasteiger partial charge in [-0.05, 0) is 77.3 Å². The third kappa shape index (κ3) is 4.65. The van der Waals surface area contributed by atoms with E-state index in [1.54, 1.807) is 36.4 Å². The van der Waals surface area contributed by atoms with Gasteiger partial charge in [0, 0.05) is 5.69 Å². The van der Waals surface area contributed by atoms with Crippen LogP contribution in [-0.2, 0) is 5.88 Å². The number of nitriles is 2. The molecule has 8 heteroatoms. The van der Waals surface area contributed by atoms with E-state index in [0.717, 1.165) is 16.8 Å². The SMILES string of the molecule is Cc1cc(C#N)cc(C)c1Oc1nc(Nc2ccc(C#N)cc2)nc(CCl)c1Br. The maximum atomic E-state index is 9.13. The van der Waals surface area contributed by atoms with E-state index < -0.39 is 0 Å². The molecule has 0 saturated heterocycles. The van der Waals surface area contributed by atoms with Gasteiger partial charge in [0.15, 0.2) is 0 Å². The van der Waals surface area contributed by atoms with Crippen molar-refractivity contribution >= 4 is 39.2 Å². The largest absolute Gasteiger partial charge is 0.437 e. The van der Waals surface area contributed by atoms with Crippen LogP contribution in [-0.4, -0.2) is 9.97 Å². The molecule has 2 aromatic carbocycles. The first-order chi connectivity index (χ1) is 13.9. The third-order valence-corrected chi connectivity index (χ3v) is 5.12. The number of nitrogens with one attached hydrogen (secondary N) is 1. The third-order valence-electron chi connectivity index (χ3n) is 4.07. The van der Waals surface area contributed by atoms with Crippen molar-refractivity contribution in [2.75, 3.05) is 5.32 Å². The van der Waals surface area contributed by atoms with Gasteiger partial charge in [-0.15, -0.1) is 11.6 Å². The van der Waals surface area contributed by atoms with Crippen LogP contribution in [0.2, 0.25) is 0 Å². The molecule has 6 nitrogen and oxygen atoms in total. The second-order valence-electron chi connectivity index (χ2n) is 6.21. The Morgan fingerprint density at radius 3 is 2.21 bits per heavy atom. The molecule has 0 fully saturated rings. The van der Waals surface area contributed by atoms with Gasteiger partial charge in [-0.3, -0.25) is 0 Å². The Balaban J connectivity index is 1.98. The summed E-state index contributed by atoms with van der Waals surface area (Å²) in [5.74, 6) is 1.40. The average Bonchev–Trinajstić information content (AvgIpc) is 2.72. The second-order valence-corrected chi connectivity index (χ2v) is 7.27. The monoisotopic (exact) mass is 467 g/mol. The first kappa shape index (κ1) is 20.6. The molecular formula is C21H15BrClN5O. The normalized spacial score (nSPS) is 10.1. The fraction of sp³-hybridized carbons (Fsp3) is 0.143. The lowest BCUT2D eigenvalue weighted by Crippen LogP contribution is -2.04. The molecule has 3 rings (SSSR count). The number of ether oxygens (including phenoxy) is 1. The standard InChI is InChI=1S/C21H15BrClN5O/c1-12-7-15(11-25)8-13(2)19(12)29-20-18(22)17(9-23)27-21(28-20)26-16-5-3-14(10-24)4-6-16/h3-8H,9H2,1-2H3,(H,26,27,28). The zero-order valence-corrected chi connectivity index (χ0v) is 18.0. The van der Waals surface area contributed by atoms with Gasteiger partial charge in [-0.1, -0.05) is 0 Å². The number of nitrogens with zero attached hydrogens (tertiary/aromatic N) is 4. The van der Waals surface area contributed by atoms with Crippen molar-refractivity contribution in [3.63, 3.8) is 0 Å². The maximum absolute atomic E-state index is 9.13. The van der Waals surface area contributed by atoms with Crippen LogP contribution in [0.15, 0.2) is 40.9 Å². The first-order valence-electron chi connectivity index (χ1n) is 8.54. The molecule has 1 heterocycles. The minimum absolute atomic E-state index is 0.160. The number of benzene rings is 2. The van der Waals surface area contributed by atoms with E-state index in [1.807, 2.05) is 13.8 Å². The molecule has 0 spiro atoms. The van der Waals surface area contributed by atoms with E-state index in [0.29, 0.717) is 38.9 Å². The summed E-state index contributed by atoms with van der Waals surface area (Å²) in [5.41, 5.74) is 4.06. The molecule has 1 aromatic heterocycles. The summed E-state index contributed by atoms with van der Waals surface area (Å²) in [6.07, 6.45) is 0. The fourth-order valence-corrected chi connectivity index (χ4v) is 3.47. The molecule has 0 aliphatic rings. The molecule has 0 aliphatic heterocycles. The molecule has 0 bridgehead atoms. The van der Waals surface area contributed by atoms with Crippen LogP contribution in [0, 0.1) is 36.5 Å². The van der Waals surface area contributed by atoms with Crippen LogP contribution >= 0.6 is 27.5 Å². The minimum Gasteiger partial charge on any atom is -0.437 e. The van der Waals surface area contributed by atoms with Crippen molar-refractivity contribution in [3.8, 4) is 23.8 Å². The molecule has 3 aromatic rings. The second kappa shape index (κ2) is 8.91. The van der Waals surface area contributed by atoms with E-state index in [-0.39, 0.29) is 5.88 Å². The molecule has 0 unspecified atom stereocenters. The molecule has 0 radical (unpaired) electrons. The number of aromatic nitrogens is 2. The van der Waals surface area contributed by atoms with Crippen LogP contribution < -0.4 is 10.1 Å². The van der Waals surface area contributed by atoms with Gasteiger partial charge in [0.1, 0.15) is 10.2 Å². The van der Waals surface area contributed by atoms with Crippen molar-refractivity contribution < 1.29 is 4.74 Å². The van der Waals surface area contributed by atoms with Gasteiger partial charge < -0.3 is 10.1 Å². The number of alkyl halides is 1. The molecule has 0 aliphatic carbocycles. The van der Waals surface area contributed by atoms with Crippen LogP contribution in [0.3, 0.4) is 0 Å². The average molecular weight is 469 g/mol. The molecule has 1 N–H and O–H groups in total. The Morgan fingerprint density at radius 1 is 1.03 bits per heavy atom. The quantitative estimate of drug-likeness (QED) is 0.470. The molecule has 0 atom stereocenters. The molecule has 0 amide bonds. The van der Waals surface area contributed by atoms with Crippen molar-refractivity contribution in [3.05, 3.63) is 68.8 Å². The van der Waals surface area contributed by atoms with Crippen LogP contribution in [0.4, 0.5) is 11.6 Å². The van der Waals surface area contributed by atoms with Crippen LogP contribution in [0.25, 0.3) is 0 Å². The number of halogens is 2. The summed E-state index contributed by atoms with van der Waals surface area (Å²) in [5, 5.41) is 21.1. The lowest BCUT2D eigenvalue weighted by molar-refractivity contribution is 0.451. The maximum Gasteiger partial charge on any atom is 0.238 e. The van der Waals surface area contributed by atoms with Crippen molar-refractivity contribution in [2.24, 2.45) is 0 Å². The van der Waals surface area contributed by atoms with E-state index in [1.165, 1.54) is 0 Å². The van der Waals surface area contributed by atoms with Crippen molar-refractivity contribution in [1.29, 1.82) is 10.5 Å². The van der Waals surface area contributed by atoms with Crippen LogP contribution in [0.5, 0.6) is 11.6 Å². The zero-order valence-electron chi connectivity index (χ0n) is 15.6. The number of hydrogen-bond acceptors (Lipinski definition) is 6. The molecule has 0 saturated carbocycles. The first-order valence-corrected chi connectivity index (χ1v) is 9.86. The van der Waals surface area contributed by atoms with E-state index >= 15 is 0 Å². The van der Waals surface area contributed by atoms with Gasteiger partial charge in [-0.25, -0.2) is 4.98 Å². The van der Waals surface area contributed by atoms with Crippen molar-refractivity contribution in [2.45, 2.75) is 19.7 Å². The van der Waals surface area contributed by atoms with Gasteiger partial charge >= 0.3 is 0 Å².